The maximum Gasteiger partial charge on any atom is 0.272 e. The first-order chi connectivity index (χ1) is 7.54. The van der Waals surface area contributed by atoms with Crippen LogP contribution < -0.4 is 9.47 Å². The Morgan fingerprint density at radius 2 is 2.00 bits per heavy atom. The molecule has 0 bridgehead atoms. The van der Waals surface area contributed by atoms with Gasteiger partial charge in [0.1, 0.15) is 6.61 Å². The number of aliphatic hydroxyl groups excluding tert-OH is 1. The van der Waals surface area contributed by atoms with Gasteiger partial charge in [-0.05, 0) is 24.6 Å². The van der Waals surface area contributed by atoms with Crippen molar-refractivity contribution < 1.29 is 23.4 Å². The van der Waals surface area contributed by atoms with Crippen LogP contribution in [-0.4, -0.2) is 25.2 Å². The minimum Gasteiger partial charge on any atom is -0.493 e. The van der Waals surface area contributed by atoms with Crippen molar-refractivity contribution in [3.05, 3.63) is 23.8 Å². The molecule has 3 nitrogen and oxygen atoms in total. The molecular weight excluding hydrogens is 218 g/mol. The van der Waals surface area contributed by atoms with E-state index < -0.39 is 19.1 Å². The number of methoxy groups -OCH3 is 1. The monoisotopic (exact) mass is 232 g/mol. The summed E-state index contributed by atoms with van der Waals surface area (Å²) >= 11 is 0. The van der Waals surface area contributed by atoms with Gasteiger partial charge in [-0.25, -0.2) is 8.78 Å². The molecule has 0 unspecified atom stereocenters. The number of halogens is 2. The summed E-state index contributed by atoms with van der Waals surface area (Å²) in [5, 5.41) is 9.34. The van der Waals surface area contributed by atoms with Crippen molar-refractivity contribution in [2.45, 2.75) is 19.5 Å². The number of hydrogen-bond acceptors (Lipinski definition) is 3. The van der Waals surface area contributed by atoms with Gasteiger partial charge < -0.3 is 14.6 Å². The zero-order chi connectivity index (χ0) is 12.1. The summed E-state index contributed by atoms with van der Waals surface area (Å²) in [4.78, 5) is 0. The highest BCUT2D eigenvalue weighted by atomic mass is 19.3. The van der Waals surface area contributed by atoms with Crippen molar-refractivity contribution in [3.63, 3.8) is 0 Å². The molecule has 0 saturated carbocycles. The number of alkyl halides is 2. The van der Waals surface area contributed by atoms with Crippen LogP contribution in [0.1, 0.15) is 18.6 Å². The van der Waals surface area contributed by atoms with E-state index in [1.54, 1.807) is 19.1 Å². The lowest BCUT2D eigenvalue weighted by atomic mass is 10.1. The standard InChI is InChI=1S/C11H14F2O3/c1-7(14)8-3-4-9(10(5-8)15-2)16-6-11(12)13/h3-5,7,11,14H,6H2,1-2H3/t7-/m0/s1. The van der Waals surface area contributed by atoms with E-state index in [2.05, 4.69) is 0 Å². The SMILES string of the molecule is COc1cc([C@H](C)O)ccc1OCC(F)F. The maximum atomic E-state index is 12.0. The molecule has 0 aliphatic heterocycles. The van der Waals surface area contributed by atoms with E-state index in [9.17, 15) is 13.9 Å². The van der Waals surface area contributed by atoms with Crippen molar-refractivity contribution in [1.82, 2.24) is 0 Å². The largest absolute Gasteiger partial charge is 0.493 e. The lowest BCUT2D eigenvalue weighted by Gasteiger charge is -2.12. The molecule has 1 aromatic rings. The molecule has 0 fully saturated rings. The lowest BCUT2D eigenvalue weighted by molar-refractivity contribution is 0.0803. The second-order valence-electron chi connectivity index (χ2n) is 3.29. The van der Waals surface area contributed by atoms with Crippen LogP contribution in [-0.2, 0) is 0 Å². The normalized spacial score (nSPS) is 12.6. The van der Waals surface area contributed by atoms with Crippen LogP contribution in [0.25, 0.3) is 0 Å². The molecule has 0 saturated heterocycles. The first-order valence-electron chi connectivity index (χ1n) is 4.81. The van der Waals surface area contributed by atoms with Crippen LogP contribution in [0.3, 0.4) is 0 Å². The summed E-state index contributed by atoms with van der Waals surface area (Å²) in [5.41, 5.74) is 0.640. The van der Waals surface area contributed by atoms with E-state index in [0.29, 0.717) is 11.3 Å². The molecule has 5 heteroatoms. The zero-order valence-electron chi connectivity index (χ0n) is 9.11. The highest BCUT2D eigenvalue weighted by molar-refractivity contribution is 5.43. The number of aliphatic hydroxyl groups is 1. The Bertz CT molecular complexity index is 340. The van der Waals surface area contributed by atoms with E-state index in [-0.39, 0.29) is 5.75 Å². The molecule has 1 aromatic carbocycles. The van der Waals surface area contributed by atoms with E-state index >= 15 is 0 Å². The Morgan fingerprint density at radius 1 is 1.31 bits per heavy atom. The Kier molecular flexibility index (Phi) is 4.49. The zero-order valence-corrected chi connectivity index (χ0v) is 9.11. The molecule has 0 amide bonds. The fourth-order valence-corrected chi connectivity index (χ4v) is 1.22. The van der Waals surface area contributed by atoms with Crippen LogP contribution in [0.15, 0.2) is 18.2 Å². The number of benzene rings is 1. The van der Waals surface area contributed by atoms with Crippen molar-refractivity contribution in [2.75, 3.05) is 13.7 Å². The number of rotatable bonds is 5. The Hall–Kier alpha value is -1.36. The van der Waals surface area contributed by atoms with E-state index in [0.717, 1.165) is 0 Å². The summed E-state index contributed by atoms with van der Waals surface area (Å²) in [6.07, 6.45) is -3.17. The summed E-state index contributed by atoms with van der Waals surface area (Å²) in [5.74, 6) is 0.575. The van der Waals surface area contributed by atoms with Crippen molar-refractivity contribution >= 4 is 0 Å². The molecule has 0 heterocycles. The maximum absolute atomic E-state index is 12.0. The molecule has 1 N–H and O–H groups in total. The minimum atomic E-state index is -2.53. The third-order valence-electron chi connectivity index (χ3n) is 2.03. The van der Waals surface area contributed by atoms with Crippen LogP contribution in [0.5, 0.6) is 11.5 Å². The number of ether oxygens (including phenoxy) is 2. The summed E-state index contributed by atoms with van der Waals surface area (Å²) in [6, 6.07) is 4.67. The molecule has 90 valence electrons. The topological polar surface area (TPSA) is 38.7 Å². The van der Waals surface area contributed by atoms with Gasteiger partial charge in [0.05, 0.1) is 13.2 Å². The highest BCUT2D eigenvalue weighted by Crippen LogP contribution is 2.30. The fourth-order valence-electron chi connectivity index (χ4n) is 1.22. The second-order valence-corrected chi connectivity index (χ2v) is 3.29. The first kappa shape index (κ1) is 12.7. The van der Waals surface area contributed by atoms with Gasteiger partial charge in [-0.1, -0.05) is 6.07 Å². The van der Waals surface area contributed by atoms with E-state index in [4.69, 9.17) is 9.47 Å². The smallest absolute Gasteiger partial charge is 0.272 e. The van der Waals surface area contributed by atoms with Gasteiger partial charge in [0.25, 0.3) is 6.43 Å². The van der Waals surface area contributed by atoms with Crippen molar-refractivity contribution in [3.8, 4) is 11.5 Å². The molecule has 0 aliphatic rings. The molecule has 0 aliphatic carbocycles. The third-order valence-corrected chi connectivity index (χ3v) is 2.03. The van der Waals surface area contributed by atoms with E-state index in [1.807, 2.05) is 0 Å². The Labute approximate surface area is 92.6 Å². The summed E-state index contributed by atoms with van der Waals surface area (Å²) in [6.45, 7) is 0.929. The van der Waals surface area contributed by atoms with Crippen LogP contribution in [0.2, 0.25) is 0 Å². The molecule has 1 rings (SSSR count). The lowest BCUT2D eigenvalue weighted by Crippen LogP contribution is -2.08. The third kappa shape index (κ3) is 3.34. The average Bonchev–Trinajstić information content (AvgIpc) is 2.25. The highest BCUT2D eigenvalue weighted by Gasteiger charge is 2.10. The van der Waals surface area contributed by atoms with Crippen LogP contribution in [0, 0.1) is 0 Å². The second kappa shape index (κ2) is 5.65. The average molecular weight is 232 g/mol. The molecule has 0 radical (unpaired) electrons. The van der Waals surface area contributed by atoms with Crippen molar-refractivity contribution in [1.29, 1.82) is 0 Å². The van der Waals surface area contributed by atoms with Gasteiger partial charge in [-0.2, -0.15) is 0 Å². The van der Waals surface area contributed by atoms with Gasteiger partial charge in [-0.3, -0.25) is 0 Å². The Morgan fingerprint density at radius 3 is 2.50 bits per heavy atom. The molecule has 16 heavy (non-hydrogen) atoms. The molecule has 0 aromatic heterocycles. The minimum absolute atomic E-state index is 0.243. The number of hydrogen-bond donors (Lipinski definition) is 1. The Balaban J connectivity index is 2.84. The molecule has 1 atom stereocenters. The van der Waals surface area contributed by atoms with Gasteiger partial charge in [0.15, 0.2) is 11.5 Å². The van der Waals surface area contributed by atoms with Gasteiger partial charge in [-0.15, -0.1) is 0 Å². The van der Waals surface area contributed by atoms with Crippen LogP contribution in [0.4, 0.5) is 8.78 Å². The predicted octanol–water partition coefficient (Wildman–Crippen LogP) is 2.39. The predicted molar refractivity (Wildman–Crippen MR) is 55.1 cm³/mol. The van der Waals surface area contributed by atoms with Gasteiger partial charge in [0.2, 0.25) is 0 Å². The first-order valence-corrected chi connectivity index (χ1v) is 4.81. The van der Waals surface area contributed by atoms with Gasteiger partial charge in [0, 0.05) is 0 Å². The van der Waals surface area contributed by atoms with E-state index in [1.165, 1.54) is 13.2 Å². The fraction of sp³-hybridized carbons (Fsp3) is 0.455. The summed E-state index contributed by atoms with van der Waals surface area (Å²) < 4.78 is 33.8. The molecular formula is C11H14F2O3. The molecule has 0 spiro atoms. The van der Waals surface area contributed by atoms with Crippen molar-refractivity contribution in [2.24, 2.45) is 0 Å². The quantitative estimate of drug-likeness (QED) is 0.847. The van der Waals surface area contributed by atoms with Crippen LogP contribution >= 0.6 is 0 Å². The summed E-state index contributed by atoms with van der Waals surface area (Å²) in [7, 11) is 1.41. The van der Waals surface area contributed by atoms with Gasteiger partial charge >= 0.3 is 0 Å².